The Balaban J connectivity index is 0.000000635. The number of rotatable bonds is 17. The summed E-state index contributed by atoms with van der Waals surface area (Å²) in [6.07, 6.45) is 13.6. The van der Waals surface area contributed by atoms with E-state index in [0.29, 0.717) is 24.3 Å². The lowest BCUT2D eigenvalue weighted by Gasteiger charge is -2.10. The number of hydrogen-bond acceptors (Lipinski definition) is 5. The lowest BCUT2D eigenvalue weighted by atomic mass is 10.1. The zero-order chi connectivity index (χ0) is 27.1. The molecule has 6 heteroatoms. The van der Waals surface area contributed by atoms with Crippen LogP contribution in [-0.2, 0) is 9.47 Å². The van der Waals surface area contributed by atoms with Gasteiger partial charge in [-0.1, -0.05) is 112 Å². The van der Waals surface area contributed by atoms with Gasteiger partial charge in [0.1, 0.15) is 5.75 Å². The van der Waals surface area contributed by atoms with E-state index in [1.165, 1.54) is 51.4 Å². The van der Waals surface area contributed by atoms with E-state index in [1.54, 1.807) is 31.4 Å². The molecule has 0 saturated heterocycles. The van der Waals surface area contributed by atoms with Crippen LogP contribution in [0.4, 0.5) is 0 Å². The number of methoxy groups -OCH3 is 1. The smallest absolute Gasteiger partial charge is 0.339 e. The van der Waals surface area contributed by atoms with Gasteiger partial charge in [-0.25, -0.2) is 9.59 Å². The first-order valence-electron chi connectivity index (χ1n) is 13.8. The molecule has 37 heavy (non-hydrogen) atoms. The maximum absolute atomic E-state index is 12.4. The predicted molar refractivity (Wildman–Crippen MR) is 154 cm³/mol. The van der Waals surface area contributed by atoms with Gasteiger partial charge < -0.3 is 14.2 Å². The molecule has 206 valence electrons. The maximum atomic E-state index is 12.4. The standard InChI is InChI=1S/C24H38O4.C7H7BrO/c1-3-5-7-9-11-15-19-27-23(25)21-17-13-14-18-22(21)24(26)28-20-16-12-10-8-6-4-2;1-9-7-4-2-3-6(8)5-7/h13-14,17-18H,3-12,15-16,19-20H2,1-2H3;2-5H,1H3. The van der Waals surface area contributed by atoms with Gasteiger partial charge >= 0.3 is 11.9 Å². The molecule has 0 aromatic heterocycles. The van der Waals surface area contributed by atoms with Crippen LogP contribution in [0.2, 0.25) is 0 Å². The summed E-state index contributed by atoms with van der Waals surface area (Å²) in [4.78, 5) is 24.7. The van der Waals surface area contributed by atoms with Gasteiger partial charge in [-0.3, -0.25) is 0 Å². The van der Waals surface area contributed by atoms with E-state index < -0.39 is 11.9 Å². The van der Waals surface area contributed by atoms with Crippen molar-refractivity contribution < 1.29 is 23.8 Å². The van der Waals surface area contributed by atoms with Gasteiger partial charge in [-0.15, -0.1) is 0 Å². The number of ether oxygens (including phenoxy) is 3. The summed E-state index contributed by atoms with van der Waals surface area (Å²) in [7, 11) is 1.65. The number of hydrogen-bond donors (Lipinski definition) is 0. The second-order valence-corrected chi connectivity index (χ2v) is 9.93. The molecular weight excluding hydrogens is 532 g/mol. The molecule has 0 fully saturated rings. The van der Waals surface area contributed by atoms with E-state index in [4.69, 9.17) is 14.2 Å². The third-order valence-electron chi connectivity index (χ3n) is 5.86. The Morgan fingerprint density at radius 3 is 1.51 bits per heavy atom. The lowest BCUT2D eigenvalue weighted by molar-refractivity contribution is 0.0450. The topological polar surface area (TPSA) is 61.8 Å². The van der Waals surface area contributed by atoms with Gasteiger partial charge in [0, 0.05) is 4.47 Å². The van der Waals surface area contributed by atoms with Crippen molar-refractivity contribution in [2.75, 3.05) is 20.3 Å². The van der Waals surface area contributed by atoms with Crippen molar-refractivity contribution in [2.45, 2.75) is 90.9 Å². The highest BCUT2D eigenvalue weighted by Crippen LogP contribution is 2.17. The number of carbonyl (C=O) groups excluding carboxylic acids is 2. The summed E-state index contributed by atoms with van der Waals surface area (Å²) in [5, 5.41) is 0. The fourth-order valence-corrected chi connectivity index (χ4v) is 4.06. The second-order valence-electron chi connectivity index (χ2n) is 9.01. The Hall–Kier alpha value is -2.34. The quantitative estimate of drug-likeness (QED) is 0.139. The minimum absolute atomic E-state index is 0.293. The molecule has 0 saturated carbocycles. The summed E-state index contributed by atoms with van der Waals surface area (Å²) < 4.78 is 16.7. The van der Waals surface area contributed by atoms with Crippen molar-refractivity contribution in [1.82, 2.24) is 0 Å². The van der Waals surface area contributed by atoms with Crippen LogP contribution in [0.15, 0.2) is 53.0 Å². The zero-order valence-corrected chi connectivity index (χ0v) is 24.5. The first kappa shape index (κ1) is 32.7. The summed E-state index contributed by atoms with van der Waals surface area (Å²) in [5.41, 5.74) is 0.586. The van der Waals surface area contributed by atoms with Crippen LogP contribution in [0.5, 0.6) is 5.75 Å². The highest BCUT2D eigenvalue weighted by atomic mass is 79.9. The van der Waals surface area contributed by atoms with Crippen LogP contribution in [0, 0.1) is 0 Å². The monoisotopic (exact) mass is 576 g/mol. The first-order valence-corrected chi connectivity index (χ1v) is 14.6. The normalized spacial score (nSPS) is 10.3. The van der Waals surface area contributed by atoms with E-state index in [2.05, 4.69) is 29.8 Å². The van der Waals surface area contributed by atoms with Crippen LogP contribution in [0.3, 0.4) is 0 Å². The molecular formula is C31H45BrO5. The Labute approximate surface area is 232 Å². The van der Waals surface area contributed by atoms with Crippen molar-refractivity contribution in [3.05, 3.63) is 64.1 Å². The SMILES string of the molecule is CCCCCCCCOC(=O)c1ccccc1C(=O)OCCCCCCCC.COc1cccc(Br)c1. The first-order chi connectivity index (χ1) is 18.0. The molecule has 5 nitrogen and oxygen atoms in total. The van der Waals surface area contributed by atoms with Crippen molar-refractivity contribution in [1.29, 1.82) is 0 Å². The van der Waals surface area contributed by atoms with Crippen molar-refractivity contribution in [3.63, 3.8) is 0 Å². The molecule has 0 N–H and O–H groups in total. The molecule has 0 atom stereocenters. The summed E-state index contributed by atoms with van der Waals surface area (Å²) in [6.45, 7) is 5.17. The summed E-state index contributed by atoms with van der Waals surface area (Å²) >= 11 is 3.32. The second kappa shape index (κ2) is 21.7. The average Bonchev–Trinajstić information content (AvgIpc) is 2.92. The van der Waals surface area contributed by atoms with Gasteiger partial charge in [-0.05, 0) is 43.2 Å². The van der Waals surface area contributed by atoms with Gasteiger partial charge in [0.05, 0.1) is 31.5 Å². The molecule has 0 radical (unpaired) electrons. The molecule has 0 aliphatic rings. The largest absolute Gasteiger partial charge is 0.497 e. The number of halogens is 1. The van der Waals surface area contributed by atoms with E-state index in [9.17, 15) is 9.59 Å². The maximum Gasteiger partial charge on any atom is 0.339 e. The van der Waals surface area contributed by atoms with Crippen molar-refractivity contribution in [3.8, 4) is 5.75 Å². The molecule has 2 rings (SSSR count). The van der Waals surface area contributed by atoms with Crippen LogP contribution in [0.25, 0.3) is 0 Å². The lowest BCUT2D eigenvalue weighted by Crippen LogP contribution is -2.15. The number of esters is 2. The molecule has 0 unspecified atom stereocenters. The fraction of sp³-hybridized carbons (Fsp3) is 0.548. The molecule has 2 aromatic rings. The molecule has 0 aliphatic carbocycles. The molecule has 0 amide bonds. The van der Waals surface area contributed by atoms with Crippen molar-refractivity contribution in [2.24, 2.45) is 0 Å². The summed E-state index contributed by atoms with van der Waals surface area (Å²) in [6, 6.07) is 14.5. The van der Waals surface area contributed by atoms with Crippen LogP contribution in [0.1, 0.15) is 112 Å². The van der Waals surface area contributed by atoms with Gasteiger partial charge in [0.25, 0.3) is 0 Å². The number of unbranched alkanes of at least 4 members (excludes halogenated alkanes) is 10. The number of benzene rings is 2. The highest BCUT2D eigenvalue weighted by molar-refractivity contribution is 9.10. The summed E-state index contributed by atoms with van der Waals surface area (Å²) in [5.74, 6) is -0.00859. The van der Waals surface area contributed by atoms with E-state index in [-0.39, 0.29) is 0 Å². The Kier molecular flexibility index (Phi) is 19.2. The molecule has 2 aromatic carbocycles. The van der Waals surface area contributed by atoms with Crippen LogP contribution in [-0.4, -0.2) is 32.3 Å². The van der Waals surface area contributed by atoms with E-state index in [1.807, 2.05) is 24.3 Å². The highest BCUT2D eigenvalue weighted by Gasteiger charge is 2.18. The molecule has 0 spiro atoms. The number of carbonyl (C=O) groups is 2. The molecule has 0 bridgehead atoms. The average molecular weight is 578 g/mol. The third kappa shape index (κ3) is 15.5. The van der Waals surface area contributed by atoms with Crippen LogP contribution < -0.4 is 4.74 Å². The third-order valence-corrected chi connectivity index (χ3v) is 6.35. The van der Waals surface area contributed by atoms with Gasteiger partial charge in [-0.2, -0.15) is 0 Å². The Bertz CT molecular complexity index is 834. The van der Waals surface area contributed by atoms with Gasteiger partial charge in [0.2, 0.25) is 0 Å². The van der Waals surface area contributed by atoms with Gasteiger partial charge in [0.15, 0.2) is 0 Å². The fourth-order valence-electron chi connectivity index (χ4n) is 3.68. The van der Waals surface area contributed by atoms with E-state index in [0.717, 1.165) is 35.9 Å². The van der Waals surface area contributed by atoms with Crippen LogP contribution >= 0.6 is 15.9 Å². The molecule has 0 aliphatic heterocycles. The minimum Gasteiger partial charge on any atom is -0.497 e. The predicted octanol–water partition coefficient (Wildman–Crippen LogP) is 9.18. The van der Waals surface area contributed by atoms with Crippen molar-refractivity contribution >= 4 is 27.9 Å². The minimum atomic E-state index is -0.444. The van der Waals surface area contributed by atoms with E-state index >= 15 is 0 Å². The Morgan fingerprint density at radius 2 is 1.11 bits per heavy atom. The molecule has 0 heterocycles. The zero-order valence-electron chi connectivity index (χ0n) is 22.9. The Morgan fingerprint density at radius 1 is 0.649 bits per heavy atom.